The number of rotatable bonds is 6. The SMILES string of the molecule is O=C(c1ccccc1)c1cnc2c(Cl)cccc2c1-c1cccc(OCc2ccc(F)cc2)c1. The Balaban J connectivity index is 1.59. The van der Waals surface area contributed by atoms with Gasteiger partial charge in [0.15, 0.2) is 5.78 Å². The van der Waals surface area contributed by atoms with Crippen LogP contribution < -0.4 is 4.74 Å². The van der Waals surface area contributed by atoms with Gasteiger partial charge in [-0.05, 0) is 41.5 Å². The summed E-state index contributed by atoms with van der Waals surface area (Å²) in [5.41, 5.74) is 4.10. The molecule has 0 aliphatic carbocycles. The standard InChI is InChI=1S/C29H19ClFNO2/c30-26-11-5-10-24-27(25(17-32-28(24)26)29(33)20-6-2-1-3-7-20)21-8-4-9-23(16-21)34-18-19-12-14-22(31)15-13-19/h1-17H,18H2. The first-order valence-corrected chi connectivity index (χ1v) is 11.1. The number of halogens is 2. The van der Waals surface area contributed by atoms with Gasteiger partial charge < -0.3 is 4.74 Å². The molecule has 0 aliphatic rings. The first kappa shape index (κ1) is 21.8. The number of fused-ring (bicyclic) bond motifs is 1. The number of carbonyl (C=O) groups excluding carboxylic acids is 1. The molecule has 0 spiro atoms. The number of para-hydroxylation sites is 1. The molecule has 4 aromatic carbocycles. The summed E-state index contributed by atoms with van der Waals surface area (Å²) in [6, 6.07) is 28.4. The summed E-state index contributed by atoms with van der Waals surface area (Å²) in [4.78, 5) is 18.0. The molecular formula is C29H19ClFNO2. The quantitative estimate of drug-likeness (QED) is 0.243. The predicted molar refractivity (Wildman–Crippen MR) is 133 cm³/mol. The lowest BCUT2D eigenvalue weighted by Gasteiger charge is -2.14. The van der Waals surface area contributed by atoms with Crippen LogP contribution in [0, 0.1) is 5.82 Å². The molecule has 0 unspecified atom stereocenters. The van der Waals surface area contributed by atoms with Crippen molar-refractivity contribution in [2.45, 2.75) is 6.61 Å². The van der Waals surface area contributed by atoms with Crippen LogP contribution in [0.5, 0.6) is 5.75 Å². The number of pyridine rings is 1. The summed E-state index contributed by atoms with van der Waals surface area (Å²) < 4.78 is 19.2. The molecule has 0 radical (unpaired) electrons. The maximum absolute atomic E-state index is 13.5. The number of ether oxygens (including phenoxy) is 1. The van der Waals surface area contributed by atoms with E-state index in [0.29, 0.717) is 34.0 Å². The molecule has 0 aliphatic heterocycles. The first-order chi connectivity index (χ1) is 16.6. The van der Waals surface area contributed by atoms with Crippen LogP contribution in [0.1, 0.15) is 21.5 Å². The Morgan fingerprint density at radius 3 is 2.44 bits per heavy atom. The number of benzene rings is 4. The third kappa shape index (κ3) is 4.41. The fourth-order valence-corrected chi connectivity index (χ4v) is 4.13. The van der Waals surface area contributed by atoms with E-state index in [1.54, 1.807) is 36.5 Å². The summed E-state index contributed by atoms with van der Waals surface area (Å²) in [7, 11) is 0. The topological polar surface area (TPSA) is 39.2 Å². The molecule has 34 heavy (non-hydrogen) atoms. The zero-order chi connectivity index (χ0) is 23.5. The van der Waals surface area contributed by atoms with Crippen LogP contribution in [0.4, 0.5) is 4.39 Å². The molecule has 0 atom stereocenters. The van der Waals surface area contributed by atoms with Crippen LogP contribution in [-0.2, 0) is 6.61 Å². The molecule has 1 aromatic heterocycles. The number of carbonyl (C=O) groups is 1. The van der Waals surface area contributed by atoms with Gasteiger partial charge in [-0.3, -0.25) is 9.78 Å². The molecule has 0 fully saturated rings. The molecule has 1 heterocycles. The fraction of sp³-hybridized carbons (Fsp3) is 0.0345. The van der Waals surface area contributed by atoms with Gasteiger partial charge >= 0.3 is 0 Å². The van der Waals surface area contributed by atoms with E-state index in [1.807, 2.05) is 54.6 Å². The van der Waals surface area contributed by atoms with Gasteiger partial charge in [0.2, 0.25) is 0 Å². The number of nitrogens with zero attached hydrogens (tertiary/aromatic N) is 1. The second-order valence-corrected chi connectivity index (χ2v) is 8.23. The van der Waals surface area contributed by atoms with Gasteiger partial charge in [0, 0.05) is 28.3 Å². The summed E-state index contributed by atoms with van der Waals surface area (Å²) in [6.07, 6.45) is 1.59. The van der Waals surface area contributed by atoms with Crippen molar-refractivity contribution in [2.24, 2.45) is 0 Å². The van der Waals surface area contributed by atoms with Gasteiger partial charge in [-0.1, -0.05) is 78.3 Å². The minimum absolute atomic E-state index is 0.123. The van der Waals surface area contributed by atoms with Crippen LogP contribution in [0.3, 0.4) is 0 Å². The normalized spacial score (nSPS) is 10.9. The third-order valence-corrected chi connectivity index (χ3v) is 5.88. The Kier molecular flexibility index (Phi) is 6.07. The van der Waals surface area contributed by atoms with E-state index >= 15 is 0 Å². The van der Waals surface area contributed by atoms with Gasteiger partial charge in [-0.25, -0.2) is 4.39 Å². The number of hydrogen-bond acceptors (Lipinski definition) is 3. The Labute approximate surface area is 201 Å². The highest BCUT2D eigenvalue weighted by atomic mass is 35.5. The van der Waals surface area contributed by atoms with Gasteiger partial charge in [-0.2, -0.15) is 0 Å². The largest absolute Gasteiger partial charge is 0.489 e. The third-order valence-electron chi connectivity index (χ3n) is 5.57. The highest BCUT2D eigenvalue weighted by molar-refractivity contribution is 6.35. The van der Waals surface area contributed by atoms with E-state index < -0.39 is 0 Å². The molecule has 0 bridgehead atoms. The molecule has 3 nitrogen and oxygen atoms in total. The summed E-state index contributed by atoms with van der Waals surface area (Å²) in [5, 5.41) is 1.30. The predicted octanol–water partition coefficient (Wildman–Crippen LogP) is 7.50. The summed E-state index contributed by atoms with van der Waals surface area (Å²) in [6.45, 7) is 0.294. The average molecular weight is 468 g/mol. The fourth-order valence-electron chi connectivity index (χ4n) is 3.90. The minimum atomic E-state index is -0.287. The monoisotopic (exact) mass is 467 g/mol. The second kappa shape index (κ2) is 9.46. The first-order valence-electron chi connectivity index (χ1n) is 10.7. The lowest BCUT2D eigenvalue weighted by Crippen LogP contribution is -2.05. The Morgan fingerprint density at radius 2 is 1.65 bits per heavy atom. The Morgan fingerprint density at radius 1 is 0.882 bits per heavy atom. The van der Waals surface area contributed by atoms with E-state index in [-0.39, 0.29) is 11.6 Å². The lowest BCUT2D eigenvalue weighted by molar-refractivity contribution is 0.103. The number of hydrogen-bond donors (Lipinski definition) is 0. The minimum Gasteiger partial charge on any atom is -0.489 e. The molecule has 5 aromatic rings. The molecular weight excluding hydrogens is 449 g/mol. The van der Waals surface area contributed by atoms with E-state index in [9.17, 15) is 9.18 Å². The lowest BCUT2D eigenvalue weighted by atomic mass is 9.92. The molecule has 5 rings (SSSR count). The maximum Gasteiger partial charge on any atom is 0.195 e. The molecule has 0 N–H and O–H groups in total. The van der Waals surface area contributed by atoms with Gasteiger partial charge in [0.05, 0.1) is 10.5 Å². The van der Waals surface area contributed by atoms with Crippen molar-refractivity contribution in [3.05, 3.63) is 131 Å². The Bertz CT molecular complexity index is 1480. The van der Waals surface area contributed by atoms with Crippen molar-refractivity contribution in [1.82, 2.24) is 4.98 Å². The van der Waals surface area contributed by atoms with Crippen LogP contribution >= 0.6 is 11.6 Å². The molecule has 0 saturated heterocycles. The van der Waals surface area contributed by atoms with Gasteiger partial charge in [0.25, 0.3) is 0 Å². The Hall–Kier alpha value is -4.02. The smallest absolute Gasteiger partial charge is 0.195 e. The van der Waals surface area contributed by atoms with Crippen molar-refractivity contribution >= 4 is 28.3 Å². The van der Waals surface area contributed by atoms with Crippen molar-refractivity contribution in [1.29, 1.82) is 0 Å². The molecule has 5 heteroatoms. The van der Waals surface area contributed by atoms with Gasteiger partial charge in [0.1, 0.15) is 18.2 Å². The van der Waals surface area contributed by atoms with Crippen molar-refractivity contribution < 1.29 is 13.9 Å². The zero-order valence-corrected chi connectivity index (χ0v) is 18.8. The van der Waals surface area contributed by atoms with E-state index in [2.05, 4.69) is 4.98 Å². The number of ketones is 1. The second-order valence-electron chi connectivity index (χ2n) is 7.82. The van der Waals surface area contributed by atoms with Crippen molar-refractivity contribution in [2.75, 3.05) is 0 Å². The van der Waals surface area contributed by atoms with E-state index in [1.165, 1.54) is 12.1 Å². The van der Waals surface area contributed by atoms with Crippen LogP contribution in [-0.4, -0.2) is 10.8 Å². The van der Waals surface area contributed by atoms with E-state index in [0.717, 1.165) is 22.1 Å². The number of aromatic nitrogens is 1. The zero-order valence-electron chi connectivity index (χ0n) is 18.0. The summed E-state index contributed by atoms with van der Waals surface area (Å²) >= 11 is 6.43. The molecule has 0 saturated carbocycles. The highest BCUT2D eigenvalue weighted by Crippen LogP contribution is 2.36. The van der Waals surface area contributed by atoms with Crippen molar-refractivity contribution in [3.63, 3.8) is 0 Å². The molecule has 0 amide bonds. The van der Waals surface area contributed by atoms with Crippen LogP contribution in [0.15, 0.2) is 103 Å². The molecule has 166 valence electrons. The van der Waals surface area contributed by atoms with Crippen LogP contribution in [0.2, 0.25) is 5.02 Å². The van der Waals surface area contributed by atoms with E-state index in [4.69, 9.17) is 16.3 Å². The van der Waals surface area contributed by atoms with Crippen LogP contribution in [0.25, 0.3) is 22.0 Å². The average Bonchev–Trinajstić information content (AvgIpc) is 2.88. The highest BCUT2D eigenvalue weighted by Gasteiger charge is 2.19. The van der Waals surface area contributed by atoms with Gasteiger partial charge in [-0.15, -0.1) is 0 Å². The maximum atomic E-state index is 13.5. The van der Waals surface area contributed by atoms with Crippen molar-refractivity contribution in [3.8, 4) is 16.9 Å². The summed E-state index contributed by atoms with van der Waals surface area (Å²) in [5.74, 6) is 0.221.